The minimum absolute atomic E-state index is 0.273. The molecule has 0 bridgehead atoms. The van der Waals surface area contributed by atoms with Crippen molar-refractivity contribution in [1.82, 2.24) is 0 Å². The molecule has 0 saturated carbocycles. The smallest absolute Gasteiger partial charge is 0.00242 e. The number of hydrogen-bond donors (Lipinski definition) is 0. The van der Waals surface area contributed by atoms with E-state index >= 15 is 0 Å². The lowest BCUT2D eigenvalue weighted by atomic mass is 10.1. The van der Waals surface area contributed by atoms with Gasteiger partial charge in [0, 0.05) is 17.0 Å². The van der Waals surface area contributed by atoms with Crippen molar-refractivity contribution in [3.05, 3.63) is 108 Å². The fraction of sp³-hybridized carbons (Fsp3) is 0.250. The normalized spacial score (nSPS) is 14.9. The number of rotatable bonds is 6. The summed E-state index contributed by atoms with van der Waals surface area (Å²) in [5, 5.41) is 0. The van der Waals surface area contributed by atoms with Gasteiger partial charge in [-0.05, 0) is 16.7 Å². The van der Waals surface area contributed by atoms with Gasteiger partial charge in [-0.25, -0.2) is 0 Å². The van der Waals surface area contributed by atoms with Gasteiger partial charge in [-0.15, -0.1) is 0 Å². The van der Waals surface area contributed by atoms with E-state index in [-0.39, 0.29) is 7.92 Å². The standard InChI is InChI=1S/C24H27P/c1-19(22-13-7-4-8-14-22)25(20(2)23-15-9-5-10-16-23)21(3)24-17-11-6-12-18-24/h4-21H,1-3H3/t19-,20-,21-/m0/s1. The summed E-state index contributed by atoms with van der Waals surface area (Å²) in [6, 6.07) is 33.1. The fourth-order valence-corrected chi connectivity index (χ4v) is 7.28. The maximum Gasteiger partial charge on any atom is 0.00242 e. The van der Waals surface area contributed by atoms with Gasteiger partial charge >= 0.3 is 0 Å². The van der Waals surface area contributed by atoms with Gasteiger partial charge < -0.3 is 0 Å². The second-order valence-corrected chi connectivity index (χ2v) is 9.93. The second-order valence-electron chi connectivity index (χ2n) is 6.71. The van der Waals surface area contributed by atoms with Crippen LogP contribution in [0.3, 0.4) is 0 Å². The molecule has 25 heavy (non-hydrogen) atoms. The molecule has 3 atom stereocenters. The summed E-state index contributed by atoms with van der Waals surface area (Å²) < 4.78 is 0. The van der Waals surface area contributed by atoms with Crippen molar-refractivity contribution in [1.29, 1.82) is 0 Å². The minimum atomic E-state index is -0.273. The lowest BCUT2D eigenvalue weighted by Gasteiger charge is -2.36. The van der Waals surface area contributed by atoms with Crippen LogP contribution in [0.25, 0.3) is 0 Å². The molecule has 0 fully saturated rings. The van der Waals surface area contributed by atoms with Crippen LogP contribution in [0.5, 0.6) is 0 Å². The fourth-order valence-electron chi connectivity index (χ4n) is 3.72. The molecule has 0 saturated heterocycles. The maximum absolute atomic E-state index is 2.42. The third kappa shape index (κ3) is 4.20. The van der Waals surface area contributed by atoms with Gasteiger partial charge in [-0.1, -0.05) is 120 Å². The third-order valence-corrected chi connectivity index (χ3v) is 8.77. The van der Waals surface area contributed by atoms with E-state index in [1.54, 1.807) is 0 Å². The molecule has 3 aromatic rings. The molecule has 0 aliphatic heterocycles. The third-order valence-electron chi connectivity index (χ3n) is 5.19. The van der Waals surface area contributed by atoms with Crippen LogP contribution in [0.2, 0.25) is 0 Å². The molecule has 0 aromatic heterocycles. The lowest BCUT2D eigenvalue weighted by Crippen LogP contribution is -2.05. The van der Waals surface area contributed by atoms with E-state index in [4.69, 9.17) is 0 Å². The molecule has 0 aliphatic rings. The molecule has 128 valence electrons. The molecule has 0 heterocycles. The van der Waals surface area contributed by atoms with Gasteiger partial charge in [-0.3, -0.25) is 0 Å². The van der Waals surface area contributed by atoms with E-state index < -0.39 is 0 Å². The predicted octanol–water partition coefficient (Wildman–Crippen LogP) is 7.75. The Hall–Kier alpha value is -1.91. The van der Waals surface area contributed by atoms with Crippen molar-refractivity contribution in [2.24, 2.45) is 0 Å². The first-order chi connectivity index (χ1) is 12.2. The topological polar surface area (TPSA) is 0 Å². The molecule has 0 aliphatic carbocycles. The predicted molar refractivity (Wildman–Crippen MR) is 111 cm³/mol. The van der Waals surface area contributed by atoms with Gasteiger partial charge in [0.2, 0.25) is 0 Å². The minimum Gasteiger partial charge on any atom is -0.0845 e. The molecular weight excluding hydrogens is 319 g/mol. The van der Waals surface area contributed by atoms with Crippen LogP contribution < -0.4 is 0 Å². The Balaban J connectivity index is 1.99. The monoisotopic (exact) mass is 346 g/mol. The van der Waals surface area contributed by atoms with Crippen molar-refractivity contribution < 1.29 is 0 Å². The Bertz CT molecular complexity index is 644. The highest BCUT2D eigenvalue weighted by Crippen LogP contribution is 2.69. The van der Waals surface area contributed by atoms with Gasteiger partial charge in [-0.2, -0.15) is 0 Å². The molecule has 3 aromatic carbocycles. The van der Waals surface area contributed by atoms with Crippen molar-refractivity contribution in [2.75, 3.05) is 0 Å². The summed E-state index contributed by atoms with van der Waals surface area (Å²) >= 11 is 0. The van der Waals surface area contributed by atoms with Gasteiger partial charge in [0.25, 0.3) is 0 Å². The van der Waals surface area contributed by atoms with E-state index in [0.29, 0.717) is 17.0 Å². The van der Waals surface area contributed by atoms with E-state index in [1.807, 2.05) is 0 Å². The highest BCUT2D eigenvalue weighted by atomic mass is 31.1. The quantitative estimate of drug-likeness (QED) is 0.400. The molecule has 0 radical (unpaired) electrons. The van der Waals surface area contributed by atoms with Gasteiger partial charge in [0.05, 0.1) is 0 Å². The van der Waals surface area contributed by atoms with E-state index in [9.17, 15) is 0 Å². The van der Waals surface area contributed by atoms with Crippen LogP contribution in [-0.2, 0) is 0 Å². The first kappa shape index (κ1) is 17.9. The molecular formula is C24H27P. The molecule has 0 unspecified atom stereocenters. The highest BCUT2D eigenvalue weighted by Gasteiger charge is 2.30. The SMILES string of the molecule is C[C@@H](c1ccccc1)P([C@@H](C)c1ccccc1)[C@@H](C)c1ccccc1. The summed E-state index contributed by atoms with van der Waals surface area (Å²) in [6.45, 7) is 7.25. The number of hydrogen-bond acceptors (Lipinski definition) is 0. The summed E-state index contributed by atoms with van der Waals surface area (Å²) in [4.78, 5) is 0. The zero-order valence-corrected chi connectivity index (χ0v) is 16.2. The zero-order chi connectivity index (χ0) is 17.6. The van der Waals surface area contributed by atoms with E-state index in [2.05, 4.69) is 112 Å². The average molecular weight is 346 g/mol. The summed E-state index contributed by atoms with van der Waals surface area (Å²) in [5.41, 5.74) is 6.04. The van der Waals surface area contributed by atoms with Crippen molar-refractivity contribution in [2.45, 2.75) is 37.7 Å². The highest BCUT2D eigenvalue weighted by molar-refractivity contribution is 7.58. The van der Waals surface area contributed by atoms with E-state index in [1.165, 1.54) is 16.7 Å². The van der Waals surface area contributed by atoms with Gasteiger partial charge in [0.15, 0.2) is 0 Å². The Kier molecular flexibility index (Phi) is 6.05. The van der Waals surface area contributed by atoms with Crippen molar-refractivity contribution in [3.8, 4) is 0 Å². The van der Waals surface area contributed by atoms with Crippen molar-refractivity contribution >= 4 is 7.92 Å². The first-order valence-corrected chi connectivity index (χ1v) is 10.7. The average Bonchev–Trinajstić information content (AvgIpc) is 2.70. The van der Waals surface area contributed by atoms with Crippen LogP contribution >= 0.6 is 7.92 Å². The van der Waals surface area contributed by atoms with Crippen molar-refractivity contribution in [3.63, 3.8) is 0 Å². The molecule has 0 amide bonds. The van der Waals surface area contributed by atoms with E-state index in [0.717, 1.165) is 0 Å². The Labute approximate surface area is 153 Å². The zero-order valence-electron chi connectivity index (χ0n) is 15.3. The molecule has 0 N–H and O–H groups in total. The summed E-state index contributed by atoms with van der Waals surface area (Å²) in [5.74, 6) is 0. The van der Waals surface area contributed by atoms with Crippen LogP contribution in [-0.4, -0.2) is 0 Å². The molecule has 0 spiro atoms. The second kappa shape index (κ2) is 8.45. The van der Waals surface area contributed by atoms with Crippen LogP contribution in [0.1, 0.15) is 54.4 Å². The lowest BCUT2D eigenvalue weighted by molar-refractivity contribution is 0.930. The van der Waals surface area contributed by atoms with Crippen LogP contribution in [0.15, 0.2) is 91.0 Å². The Morgan fingerprint density at radius 3 is 0.920 bits per heavy atom. The summed E-state index contributed by atoms with van der Waals surface area (Å²) in [7, 11) is -0.273. The van der Waals surface area contributed by atoms with Crippen LogP contribution in [0, 0.1) is 0 Å². The molecule has 3 rings (SSSR count). The Morgan fingerprint density at radius 1 is 0.440 bits per heavy atom. The largest absolute Gasteiger partial charge is 0.0845 e. The first-order valence-electron chi connectivity index (χ1n) is 9.10. The molecule has 1 heteroatoms. The van der Waals surface area contributed by atoms with Crippen LogP contribution in [0.4, 0.5) is 0 Å². The maximum atomic E-state index is 2.42. The summed E-state index contributed by atoms with van der Waals surface area (Å²) in [6.07, 6.45) is 0. The Morgan fingerprint density at radius 2 is 0.680 bits per heavy atom. The van der Waals surface area contributed by atoms with Gasteiger partial charge in [0.1, 0.15) is 0 Å². The molecule has 0 nitrogen and oxygen atoms in total. The number of benzene rings is 3.